The van der Waals surface area contributed by atoms with Crippen LogP contribution in [0.2, 0.25) is 0 Å². The van der Waals surface area contributed by atoms with Crippen molar-refractivity contribution in [1.82, 2.24) is 14.5 Å². The van der Waals surface area contributed by atoms with Gasteiger partial charge in [0.2, 0.25) is 5.95 Å². The quantitative estimate of drug-likeness (QED) is 0.838. The SMILES string of the molecule is Cc1ccnc2c1nc(N)n2C(C)C1CC1. The van der Waals surface area contributed by atoms with Crippen LogP contribution in [0, 0.1) is 12.8 Å². The van der Waals surface area contributed by atoms with Crippen LogP contribution in [0.25, 0.3) is 11.2 Å². The number of fused-ring (bicyclic) bond motifs is 1. The molecule has 1 unspecified atom stereocenters. The first-order chi connectivity index (χ1) is 7.68. The maximum atomic E-state index is 6.00. The van der Waals surface area contributed by atoms with Crippen molar-refractivity contribution >= 4 is 17.1 Å². The number of rotatable bonds is 2. The molecule has 1 aliphatic carbocycles. The van der Waals surface area contributed by atoms with Gasteiger partial charge in [-0.2, -0.15) is 0 Å². The molecule has 1 fully saturated rings. The first-order valence-corrected chi connectivity index (χ1v) is 5.77. The van der Waals surface area contributed by atoms with Crippen LogP contribution in [0.4, 0.5) is 5.95 Å². The highest BCUT2D eigenvalue weighted by Gasteiger charge is 2.31. The number of nitrogen functional groups attached to an aromatic ring is 1. The van der Waals surface area contributed by atoms with Gasteiger partial charge in [-0.1, -0.05) is 0 Å². The Morgan fingerprint density at radius 3 is 2.94 bits per heavy atom. The first kappa shape index (κ1) is 9.63. The van der Waals surface area contributed by atoms with Gasteiger partial charge in [-0.15, -0.1) is 0 Å². The van der Waals surface area contributed by atoms with E-state index in [1.54, 1.807) is 0 Å². The van der Waals surface area contributed by atoms with Crippen LogP contribution in [-0.2, 0) is 0 Å². The molecule has 0 saturated heterocycles. The number of nitrogens with two attached hydrogens (primary N) is 1. The van der Waals surface area contributed by atoms with Crippen molar-refractivity contribution < 1.29 is 0 Å². The first-order valence-electron chi connectivity index (χ1n) is 5.77. The predicted octanol–water partition coefficient (Wildman–Crippen LogP) is 2.29. The number of nitrogens with zero attached hydrogens (tertiary/aromatic N) is 3. The summed E-state index contributed by atoms with van der Waals surface area (Å²) in [5.74, 6) is 1.35. The molecule has 2 N–H and O–H groups in total. The molecule has 1 atom stereocenters. The van der Waals surface area contributed by atoms with E-state index < -0.39 is 0 Å². The van der Waals surface area contributed by atoms with Gasteiger partial charge in [0.15, 0.2) is 5.65 Å². The van der Waals surface area contributed by atoms with Crippen molar-refractivity contribution in [1.29, 1.82) is 0 Å². The second kappa shape index (κ2) is 3.20. The normalized spacial score (nSPS) is 17.9. The standard InChI is InChI=1S/C12H16N4/c1-7-5-6-14-11-10(7)15-12(13)16(11)8(2)9-3-4-9/h5-6,8-9H,3-4H2,1-2H3,(H2,13,15). The van der Waals surface area contributed by atoms with Gasteiger partial charge in [0, 0.05) is 12.2 Å². The van der Waals surface area contributed by atoms with Gasteiger partial charge in [-0.3, -0.25) is 4.57 Å². The van der Waals surface area contributed by atoms with E-state index in [0.29, 0.717) is 12.0 Å². The average Bonchev–Trinajstić information content (AvgIpc) is 3.02. The zero-order valence-corrected chi connectivity index (χ0v) is 9.64. The second-order valence-corrected chi connectivity index (χ2v) is 4.72. The third-order valence-corrected chi connectivity index (χ3v) is 3.52. The van der Waals surface area contributed by atoms with E-state index in [2.05, 4.69) is 21.5 Å². The smallest absolute Gasteiger partial charge is 0.202 e. The third-order valence-electron chi connectivity index (χ3n) is 3.52. The number of imidazole rings is 1. The molecule has 0 radical (unpaired) electrons. The van der Waals surface area contributed by atoms with Crippen LogP contribution in [-0.4, -0.2) is 14.5 Å². The van der Waals surface area contributed by atoms with Crippen LogP contribution in [0.15, 0.2) is 12.3 Å². The minimum atomic E-state index is 0.416. The van der Waals surface area contributed by atoms with Crippen LogP contribution in [0.1, 0.15) is 31.4 Å². The molecule has 0 aromatic carbocycles. The Morgan fingerprint density at radius 1 is 1.50 bits per heavy atom. The molecule has 2 aromatic rings. The molecule has 1 aliphatic rings. The summed E-state index contributed by atoms with van der Waals surface area (Å²) in [6.07, 6.45) is 4.42. The van der Waals surface area contributed by atoms with Gasteiger partial charge >= 0.3 is 0 Å². The fourth-order valence-electron chi connectivity index (χ4n) is 2.32. The minimum absolute atomic E-state index is 0.416. The van der Waals surface area contributed by atoms with Crippen molar-refractivity contribution in [2.24, 2.45) is 5.92 Å². The Hall–Kier alpha value is -1.58. The Labute approximate surface area is 94.5 Å². The van der Waals surface area contributed by atoms with E-state index in [0.717, 1.165) is 22.6 Å². The van der Waals surface area contributed by atoms with Crippen LogP contribution < -0.4 is 5.73 Å². The average molecular weight is 216 g/mol. The molecule has 0 spiro atoms. The molecule has 2 heterocycles. The summed E-state index contributed by atoms with van der Waals surface area (Å²) in [7, 11) is 0. The zero-order valence-electron chi connectivity index (χ0n) is 9.64. The molecule has 0 bridgehead atoms. The number of aromatic nitrogens is 3. The lowest BCUT2D eigenvalue weighted by atomic mass is 10.2. The third kappa shape index (κ3) is 1.29. The molecule has 4 heteroatoms. The van der Waals surface area contributed by atoms with Gasteiger partial charge in [-0.25, -0.2) is 9.97 Å². The minimum Gasteiger partial charge on any atom is -0.369 e. The van der Waals surface area contributed by atoms with Crippen molar-refractivity contribution in [3.63, 3.8) is 0 Å². The van der Waals surface area contributed by atoms with Crippen molar-refractivity contribution in [3.8, 4) is 0 Å². The Kier molecular flexibility index (Phi) is 1.93. The molecule has 16 heavy (non-hydrogen) atoms. The Balaban J connectivity index is 2.22. The van der Waals surface area contributed by atoms with Gasteiger partial charge in [0.05, 0.1) is 0 Å². The summed E-state index contributed by atoms with van der Waals surface area (Å²) in [6.45, 7) is 4.25. The lowest BCUT2D eigenvalue weighted by molar-refractivity contribution is 0.501. The lowest BCUT2D eigenvalue weighted by Gasteiger charge is -2.14. The molecule has 4 nitrogen and oxygen atoms in total. The number of hydrogen-bond acceptors (Lipinski definition) is 3. The van der Waals surface area contributed by atoms with Crippen LogP contribution in [0.3, 0.4) is 0 Å². The summed E-state index contributed by atoms with van der Waals surface area (Å²) < 4.78 is 2.08. The van der Waals surface area contributed by atoms with Gasteiger partial charge in [0.25, 0.3) is 0 Å². The Morgan fingerprint density at radius 2 is 2.25 bits per heavy atom. The molecule has 0 aliphatic heterocycles. The van der Waals surface area contributed by atoms with Crippen molar-refractivity contribution in [2.45, 2.75) is 32.7 Å². The molecule has 0 amide bonds. The summed E-state index contributed by atoms with van der Waals surface area (Å²) in [5, 5.41) is 0. The molecular formula is C12H16N4. The maximum Gasteiger partial charge on any atom is 0.202 e. The topological polar surface area (TPSA) is 56.7 Å². The van der Waals surface area contributed by atoms with Crippen molar-refractivity contribution in [3.05, 3.63) is 17.8 Å². The molecule has 2 aromatic heterocycles. The Bertz CT molecular complexity index is 539. The predicted molar refractivity (Wildman–Crippen MR) is 64.1 cm³/mol. The monoisotopic (exact) mass is 216 g/mol. The molecule has 84 valence electrons. The zero-order chi connectivity index (χ0) is 11.3. The highest BCUT2D eigenvalue weighted by Crippen LogP contribution is 2.41. The molecular weight excluding hydrogens is 200 g/mol. The van der Waals surface area contributed by atoms with Crippen molar-refractivity contribution in [2.75, 3.05) is 5.73 Å². The van der Waals surface area contributed by atoms with Gasteiger partial charge in [0.1, 0.15) is 5.52 Å². The maximum absolute atomic E-state index is 6.00. The highest BCUT2D eigenvalue weighted by atomic mass is 15.2. The highest BCUT2D eigenvalue weighted by molar-refractivity contribution is 5.77. The number of pyridine rings is 1. The van der Waals surface area contributed by atoms with Gasteiger partial charge < -0.3 is 5.73 Å². The van der Waals surface area contributed by atoms with E-state index in [1.807, 2.05) is 19.2 Å². The summed E-state index contributed by atoms with van der Waals surface area (Å²) >= 11 is 0. The summed E-state index contributed by atoms with van der Waals surface area (Å²) in [5.41, 5.74) is 9.00. The van der Waals surface area contributed by atoms with Gasteiger partial charge in [-0.05, 0) is 44.2 Å². The molecule has 1 saturated carbocycles. The number of aryl methyl sites for hydroxylation is 1. The fourth-order valence-corrected chi connectivity index (χ4v) is 2.32. The summed E-state index contributed by atoms with van der Waals surface area (Å²) in [6, 6.07) is 2.39. The van der Waals surface area contributed by atoms with E-state index in [-0.39, 0.29) is 0 Å². The van der Waals surface area contributed by atoms with E-state index in [9.17, 15) is 0 Å². The number of hydrogen-bond donors (Lipinski definition) is 1. The number of anilines is 1. The van der Waals surface area contributed by atoms with Crippen LogP contribution in [0.5, 0.6) is 0 Å². The fraction of sp³-hybridized carbons (Fsp3) is 0.500. The van der Waals surface area contributed by atoms with E-state index in [1.165, 1.54) is 12.8 Å². The van der Waals surface area contributed by atoms with E-state index >= 15 is 0 Å². The second-order valence-electron chi connectivity index (χ2n) is 4.72. The van der Waals surface area contributed by atoms with E-state index in [4.69, 9.17) is 5.73 Å². The largest absolute Gasteiger partial charge is 0.369 e. The summed E-state index contributed by atoms with van der Waals surface area (Å²) in [4.78, 5) is 8.84. The lowest BCUT2D eigenvalue weighted by Crippen LogP contribution is -2.11. The molecule has 3 rings (SSSR count). The van der Waals surface area contributed by atoms with Crippen LogP contribution >= 0.6 is 0 Å².